The molecule has 3 fully saturated rings. The summed E-state index contributed by atoms with van der Waals surface area (Å²) in [6.07, 6.45) is 8.14. The van der Waals surface area contributed by atoms with Crippen molar-refractivity contribution < 1.29 is 13.2 Å². The van der Waals surface area contributed by atoms with E-state index in [1.165, 1.54) is 0 Å². The fraction of sp³-hybridized carbons (Fsp3) is 0.720. The van der Waals surface area contributed by atoms with E-state index in [9.17, 15) is 13.2 Å². The van der Waals surface area contributed by atoms with E-state index in [1.807, 2.05) is 35.3 Å². The Morgan fingerprint density at radius 2 is 1.69 bits per heavy atom. The third-order valence-electron chi connectivity index (χ3n) is 7.81. The van der Waals surface area contributed by atoms with Crippen molar-refractivity contribution in [3.8, 4) is 0 Å². The molecule has 1 saturated carbocycles. The molecular formula is C25H39N3O3S. The highest BCUT2D eigenvalue weighted by molar-refractivity contribution is 7.89. The van der Waals surface area contributed by atoms with Gasteiger partial charge in [-0.3, -0.25) is 4.79 Å². The molecule has 2 saturated heterocycles. The van der Waals surface area contributed by atoms with Crippen LogP contribution in [-0.2, 0) is 14.8 Å². The molecule has 0 spiro atoms. The van der Waals surface area contributed by atoms with E-state index < -0.39 is 10.0 Å². The van der Waals surface area contributed by atoms with Crippen LogP contribution in [0, 0.1) is 12.8 Å². The zero-order chi connectivity index (χ0) is 22.9. The maximum Gasteiger partial charge on any atom is 0.243 e. The fourth-order valence-electron chi connectivity index (χ4n) is 5.54. The minimum Gasteiger partial charge on any atom is -0.343 e. The van der Waals surface area contributed by atoms with Gasteiger partial charge < -0.3 is 9.80 Å². The summed E-state index contributed by atoms with van der Waals surface area (Å²) in [5.74, 6) is 0.636. The first-order valence-corrected chi connectivity index (χ1v) is 13.8. The molecule has 1 aromatic carbocycles. The lowest BCUT2D eigenvalue weighted by atomic mass is 9.92. The highest BCUT2D eigenvalue weighted by atomic mass is 32.2. The number of carbonyl (C=O) groups is 1. The Morgan fingerprint density at radius 3 is 2.31 bits per heavy atom. The summed E-state index contributed by atoms with van der Waals surface area (Å²) in [5, 5.41) is 0. The van der Waals surface area contributed by atoms with Crippen molar-refractivity contribution in [2.75, 3.05) is 27.2 Å². The number of nitrogens with zero attached hydrogens (tertiary/aromatic N) is 3. The monoisotopic (exact) mass is 461 g/mol. The van der Waals surface area contributed by atoms with E-state index in [2.05, 4.69) is 11.9 Å². The van der Waals surface area contributed by atoms with Gasteiger partial charge in [-0.05, 0) is 90.1 Å². The van der Waals surface area contributed by atoms with Crippen LogP contribution < -0.4 is 0 Å². The number of benzene rings is 1. The number of rotatable bonds is 7. The quantitative estimate of drug-likeness (QED) is 0.622. The van der Waals surface area contributed by atoms with Gasteiger partial charge in [0.05, 0.1) is 4.90 Å². The van der Waals surface area contributed by atoms with Gasteiger partial charge in [-0.15, -0.1) is 0 Å². The molecule has 1 aromatic rings. The summed E-state index contributed by atoms with van der Waals surface area (Å²) < 4.78 is 29.3. The van der Waals surface area contributed by atoms with E-state index >= 15 is 0 Å². The van der Waals surface area contributed by atoms with Gasteiger partial charge in [-0.25, -0.2) is 8.42 Å². The van der Waals surface area contributed by atoms with E-state index in [0.29, 0.717) is 29.7 Å². The summed E-state index contributed by atoms with van der Waals surface area (Å²) in [6.45, 7) is 4.02. The summed E-state index contributed by atoms with van der Waals surface area (Å²) in [7, 11) is 0.475. The Labute approximate surface area is 194 Å². The largest absolute Gasteiger partial charge is 0.343 e. The first-order chi connectivity index (χ1) is 15.3. The molecule has 32 heavy (non-hydrogen) atoms. The summed E-state index contributed by atoms with van der Waals surface area (Å²) in [4.78, 5) is 17.6. The van der Waals surface area contributed by atoms with Crippen LogP contribution >= 0.6 is 0 Å². The normalized spacial score (nSPS) is 26.2. The van der Waals surface area contributed by atoms with Crippen molar-refractivity contribution in [3.63, 3.8) is 0 Å². The highest BCUT2D eigenvalue weighted by Gasteiger charge is 2.46. The number of hydrogen-bond donors (Lipinski definition) is 0. The zero-order valence-electron chi connectivity index (χ0n) is 19.9. The highest BCUT2D eigenvalue weighted by Crippen LogP contribution is 2.44. The molecule has 4 rings (SSSR count). The van der Waals surface area contributed by atoms with Crippen molar-refractivity contribution in [2.24, 2.45) is 5.92 Å². The second-order valence-electron chi connectivity index (χ2n) is 10.2. The molecule has 0 N–H and O–H groups in total. The molecule has 1 unspecified atom stereocenters. The van der Waals surface area contributed by atoms with Gasteiger partial charge in [0.25, 0.3) is 0 Å². The summed E-state index contributed by atoms with van der Waals surface area (Å²) >= 11 is 0. The lowest BCUT2D eigenvalue weighted by Crippen LogP contribution is -2.51. The molecule has 2 heterocycles. The molecule has 3 aliphatic rings. The maximum absolute atomic E-state index is 13.7. The van der Waals surface area contributed by atoms with Gasteiger partial charge in [-0.2, -0.15) is 4.31 Å². The van der Waals surface area contributed by atoms with Crippen molar-refractivity contribution in [1.29, 1.82) is 0 Å². The number of aryl methyl sites for hydroxylation is 1. The van der Waals surface area contributed by atoms with Gasteiger partial charge in [0.15, 0.2) is 0 Å². The second kappa shape index (κ2) is 9.82. The third-order valence-corrected chi connectivity index (χ3v) is 9.80. The Bertz CT molecular complexity index is 890. The van der Waals surface area contributed by atoms with Crippen LogP contribution in [0.15, 0.2) is 29.2 Å². The molecule has 1 aliphatic carbocycles. The molecule has 0 bridgehead atoms. The average molecular weight is 462 g/mol. The Hall–Kier alpha value is -1.44. The first kappa shape index (κ1) is 23.7. The predicted molar refractivity (Wildman–Crippen MR) is 127 cm³/mol. The molecule has 0 aromatic heterocycles. The summed E-state index contributed by atoms with van der Waals surface area (Å²) in [5.41, 5.74) is 1.06. The Balaban J connectivity index is 1.47. The standard InChI is InChI=1S/C25H39N3O3S/c1-19-7-12-23(13-8-19)32(30,31)28-22(5-4-6-24(28)20-9-10-20)11-14-25(29)27(3)21-15-17-26(2)18-16-21/h7-8,12-13,20-22,24H,4-6,9-11,14-18H2,1-3H3/t22?,24-/m1/s1. The predicted octanol–water partition coefficient (Wildman–Crippen LogP) is 3.65. The van der Waals surface area contributed by atoms with Gasteiger partial charge in [0.2, 0.25) is 15.9 Å². The Kier molecular flexibility index (Phi) is 7.27. The van der Waals surface area contributed by atoms with Crippen molar-refractivity contribution >= 4 is 15.9 Å². The van der Waals surface area contributed by atoms with Gasteiger partial charge in [0.1, 0.15) is 0 Å². The number of amides is 1. The molecule has 1 amide bonds. The lowest BCUT2D eigenvalue weighted by Gasteiger charge is -2.42. The minimum absolute atomic E-state index is 0.0850. The number of sulfonamides is 1. The minimum atomic E-state index is -3.57. The topological polar surface area (TPSA) is 60.9 Å². The second-order valence-corrected chi connectivity index (χ2v) is 12.1. The van der Waals surface area contributed by atoms with Crippen molar-refractivity contribution in [3.05, 3.63) is 29.8 Å². The van der Waals surface area contributed by atoms with E-state index in [1.54, 1.807) is 12.1 Å². The third kappa shape index (κ3) is 5.20. The number of hydrogen-bond acceptors (Lipinski definition) is 4. The van der Waals surface area contributed by atoms with E-state index in [0.717, 1.165) is 63.6 Å². The first-order valence-electron chi connectivity index (χ1n) is 12.3. The van der Waals surface area contributed by atoms with Crippen LogP contribution in [0.1, 0.15) is 63.4 Å². The molecule has 6 nitrogen and oxygen atoms in total. The zero-order valence-corrected chi connectivity index (χ0v) is 20.7. The average Bonchev–Trinajstić information content (AvgIpc) is 3.63. The molecule has 7 heteroatoms. The fourth-order valence-corrected chi connectivity index (χ4v) is 7.50. The molecule has 178 valence electrons. The van der Waals surface area contributed by atoms with Crippen LogP contribution in [0.25, 0.3) is 0 Å². The lowest BCUT2D eigenvalue weighted by molar-refractivity contribution is -0.133. The van der Waals surface area contributed by atoms with Crippen molar-refractivity contribution in [1.82, 2.24) is 14.1 Å². The van der Waals surface area contributed by atoms with Crippen LogP contribution in [0.5, 0.6) is 0 Å². The molecule has 2 aliphatic heterocycles. The SMILES string of the molecule is Cc1ccc(S(=O)(=O)N2C(CCC(=O)N(C)C3CCN(C)CC3)CCC[C@@H]2C2CC2)cc1. The molecular weight excluding hydrogens is 422 g/mol. The van der Waals surface area contributed by atoms with E-state index in [4.69, 9.17) is 0 Å². The van der Waals surface area contributed by atoms with Gasteiger partial charge >= 0.3 is 0 Å². The van der Waals surface area contributed by atoms with E-state index in [-0.39, 0.29) is 18.0 Å². The van der Waals surface area contributed by atoms with Gasteiger partial charge in [-0.1, -0.05) is 24.1 Å². The smallest absolute Gasteiger partial charge is 0.243 e. The molecule has 2 atom stereocenters. The number of carbonyl (C=O) groups excluding carboxylic acids is 1. The summed E-state index contributed by atoms with van der Waals surface area (Å²) in [6, 6.07) is 7.52. The Morgan fingerprint density at radius 1 is 1.03 bits per heavy atom. The molecule has 0 radical (unpaired) electrons. The van der Waals surface area contributed by atoms with Crippen LogP contribution in [0.3, 0.4) is 0 Å². The van der Waals surface area contributed by atoms with Crippen LogP contribution in [0.2, 0.25) is 0 Å². The van der Waals surface area contributed by atoms with Gasteiger partial charge in [0, 0.05) is 31.6 Å². The number of likely N-dealkylation sites (tertiary alicyclic amines) is 1. The van der Waals surface area contributed by atoms with Crippen molar-refractivity contribution in [2.45, 2.75) is 87.7 Å². The maximum atomic E-state index is 13.7. The number of piperidine rings is 2. The van der Waals surface area contributed by atoms with Crippen LogP contribution in [-0.4, -0.2) is 73.7 Å². The van der Waals surface area contributed by atoms with Crippen LogP contribution in [0.4, 0.5) is 0 Å².